The monoisotopic (exact) mass is 415 g/mol. The summed E-state index contributed by atoms with van der Waals surface area (Å²) in [5.74, 6) is 1.25. The lowest BCUT2D eigenvalue weighted by Gasteiger charge is -2.35. The van der Waals surface area contributed by atoms with Crippen molar-refractivity contribution >= 4 is 17.7 Å². The van der Waals surface area contributed by atoms with E-state index in [4.69, 9.17) is 4.74 Å². The Kier molecular flexibility index (Phi) is 6.71. The summed E-state index contributed by atoms with van der Waals surface area (Å²) < 4.78 is 7.38. The second-order valence-electron chi connectivity index (χ2n) is 7.73. The Balaban J connectivity index is 1.34. The molecule has 156 valence electrons. The van der Waals surface area contributed by atoms with Crippen molar-refractivity contribution in [3.63, 3.8) is 0 Å². The van der Waals surface area contributed by atoms with E-state index in [2.05, 4.69) is 37.1 Å². The molecule has 1 aromatic carbocycles. The highest BCUT2D eigenvalue weighted by Gasteiger charge is 2.27. The molecule has 1 aromatic heterocycles. The van der Waals surface area contributed by atoms with Crippen LogP contribution in [0.15, 0.2) is 35.7 Å². The number of carbonyl (C=O) groups is 1. The number of hydrogen-bond acceptors (Lipinski definition) is 6. The Hall–Kier alpha value is -2.06. The highest BCUT2D eigenvalue weighted by atomic mass is 32.2. The Bertz CT molecular complexity index is 800. The number of ether oxygens (including phenoxy) is 1. The van der Waals surface area contributed by atoms with E-state index in [9.17, 15) is 4.79 Å². The number of hydrogen-bond donors (Lipinski definition) is 1. The van der Waals surface area contributed by atoms with Gasteiger partial charge in [-0.2, -0.15) is 0 Å². The predicted octanol–water partition coefficient (Wildman–Crippen LogP) is 3.06. The number of methoxy groups -OCH3 is 1. The van der Waals surface area contributed by atoms with E-state index in [1.54, 1.807) is 13.4 Å². The number of nitrogens with one attached hydrogen (secondary N) is 1. The number of piperidine rings is 1. The van der Waals surface area contributed by atoms with Gasteiger partial charge >= 0.3 is 0 Å². The zero-order valence-electron chi connectivity index (χ0n) is 16.9. The maximum atomic E-state index is 12.5. The zero-order valence-corrected chi connectivity index (χ0v) is 17.7. The van der Waals surface area contributed by atoms with E-state index in [0.717, 1.165) is 24.0 Å². The van der Waals surface area contributed by atoms with E-state index >= 15 is 0 Å². The van der Waals surface area contributed by atoms with Crippen LogP contribution in [0.2, 0.25) is 0 Å². The fourth-order valence-corrected chi connectivity index (χ4v) is 4.66. The van der Waals surface area contributed by atoms with Crippen molar-refractivity contribution in [1.29, 1.82) is 0 Å². The summed E-state index contributed by atoms with van der Waals surface area (Å²) in [6, 6.07) is 8.91. The lowest BCUT2D eigenvalue weighted by atomic mass is 10.0. The summed E-state index contributed by atoms with van der Waals surface area (Å²) in [7, 11) is 1.68. The average molecular weight is 416 g/mol. The van der Waals surface area contributed by atoms with Gasteiger partial charge < -0.3 is 14.6 Å². The van der Waals surface area contributed by atoms with E-state index in [1.807, 2.05) is 12.1 Å². The first-order chi connectivity index (χ1) is 14.2. The summed E-state index contributed by atoms with van der Waals surface area (Å²) in [6.45, 7) is 2.76. The molecule has 1 amide bonds. The van der Waals surface area contributed by atoms with Crippen LogP contribution in [0.3, 0.4) is 0 Å². The van der Waals surface area contributed by atoms with Crippen LogP contribution in [-0.2, 0) is 4.79 Å². The summed E-state index contributed by atoms with van der Waals surface area (Å²) in [5, 5.41) is 12.1. The molecule has 1 aliphatic carbocycles. The summed E-state index contributed by atoms with van der Waals surface area (Å²) in [5.41, 5.74) is 1.22. The molecule has 0 bridgehead atoms. The molecule has 1 atom stereocenters. The highest BCUT2D eigenvalue weighted by Crippen LogP contribution is 2.37. The van der Waals surface area contributed by atoms with Gasteiger partial charge in [-0.1, -0.05) is 30.3 Å². The predicted molar refractivity (Wildman–Crippen MR) is 113 cm³/mol. The number of rotatable bonds is 9. The summed E-state index contributed by atoms with van der Waals surface area (Å²) >= 11 is 1.47. The molecule has 7 nitrogen and oxygen atoms in total. The van der Waals surface area contributed by atoms with Gasteiger partial charge in [-0.05, 0) is 56.5 Å². The number of carbonyl (C=O) groups excluding carboxylic acids is 1. The second-order valence-corrected chi connectivity index (χ2v) is 8.67. The third-order valence-corrected chi connectivity index (χ3v) is 6.59. The molecule has 1 saturated carbocycles. The number of amides is 1. The van der Waals surface area contributed by atoms with E-state index in [1.165, 1.54) is 49.4 Å². The summed E-state index contributed by atoms with van der Waals surface area (Å²) in [6.07, 6.45) is 7.85. The van der Waals surface area contributed by atoms with Gasteiger partial charge in [0, 0.05) is 12.6 Å². The Morgan fingerprint density at radius 3 is 2.69 bits per heavy atom. The molecule has 4 rings (SSSR count). The van der Waals surface area contributed by atoms with Crippen LogP contribution in [0.4, 0.5) is 0 Å². The van der Waals surface area contributed by atoms with Crippen LogP contribution in [0.25, 0.3) is 0 Å². The van der Waals surface area contributed by atoms with Gasteiger partial charge in [0.2, 0.25) is 5.91 Å². The lowest BCUT2D eigenvalue weighted by molar-refractivity contribution is -0.118. The van der Waals surface area contributed by atoms with Crippen LogP contribution in [-0.4, -0.2) is 58.1 Å². The first-order valence-corrected chi connectivity index (χ1v) is 11.4. The smallest absolute Gasteiger partial charge is 0.230 e. The van der Waals surface area contributed by atoms with Gasteiger partial charge in [-0.3, -0.25) is 9.69 Å². The fraction of sp³-hybridized carbons (Fsp3) is 0.571. The number of thioether (sulfide) groups is 1. The Labute approximate surface area is 176 Å². The van der Waals surface area contributed by atoms with Gasteiger partial charge in [0.05, 0.1) is 18.9 Å². The van der Waals surface area contributed by atoms with Gasteiger partial charge in [-0.25, -0.2) is 0 Å². The van der Waals surface area contributed by atoms with Crippen molar-refractivity contribution < 1.29 is 9.53 Å². The van der Waals surface area contributed by atoms with Crippen molar-refractivity contribution in [2.24, 2.45) is 0 Å². The normalized spacial score (nSPS) is 18.4. The number of nitrogens with zero attached hydrogens (tertiary/aromatic N) is 4. The van der Waals surface area contributed by atoms with Gasteiger partial charge in [-0.15, -0.1) is 10.2 Å². The molecular weight excluding hydrogens is 386 g/mol. The van der Waals surface area contributed by atoms with Crippen LogP contribution >= 0.6 is 11.8 Å². The van der Waals surface area contributed by atoms with Gasteiger partial charge in [0.15, 0.2) is 5.16 Å². The third-order valence-electron chi connectivity index (χ3n) is 5.64. The standard InChI is InChI=1S/C21H29N5O2S/c1-28-18-9-5-16(6-10-18)19(25-11-3-2-4-12-25)13-22-20(27)14-29-21-24-23-15-26(21)17-7-8-17/h5-6,9-10,15,17,19H,2-4,7-8,11-14H2,1H3,(H,22,27). The molecule has 2 fully saturated rings. The van der Waals surface area contributed by atoms with Crippen molar-refractivity contribution in [1.82, 2.24) is 25.0 Å². The molecular formula is C21H29N5O2S. The molecule has 1 unspecified atom stereocenters. The Morgan fingerprint density at radius 1 is 1.24 bits per heavy atom. The SMILES string of the molecule is COc1ccc(C(CNC(=O)CSc2nncn2C2CC2)N2CCCCC2)cc1. The van der Waals surface area contributed by atoms with Gasteiger partial charge in [0.25, 0.3) is 0 Å². The maximum absolute atomic E-state index is 12.5. The van der Waals surface area contributed by atoms with Crippen LogP contribution < -0.4 is 10.1 Å². The highest BCUT2D eigenvalue weighted by molar-refractivity contribution is 7.99. The van der Waals surface area contributed by atoms with E-state index < -0.39 is 0 Å². The molecule has 1 saturated heterocycles. The van der Waals surface area contributed by atoms with Crippen LogP contribution in [0.1, 0.15) is 49.8 Å². The molecule has 2 aromatic rings. The number of aromatic nitrogens is 3. The van der Waals surface area contributed by atoms with Crippen molar-refractivity contribution in [3.05, 3.63) is 36.2 Å². The molecule has 0 spiro atoms. The topological polar surface area (TPSA) is 72.3 Å². The van der Waals surface area contributed by atoms with Crippen molar-refractivity contribution in [2.75, 3.05) is 32.5 Å². The molecule has 8 heteroatoms. The average Bonchev–Trinajstić information content (AvgIpc) is 3.51. The molecule has 1 N–H and O–H groups in total. The molecule has 0 radical (unpaired) electrons. The minimum atomic E-state index is 0.0378. The fourth-order valence-electron chi connectivity index (χ4n) is 3.84. The lowest BCUT2D eigenvalue weighted by Crippen LogP contribution is -2.41. The molecule has 1 aliphatic heterocycles. The van der Waals surface area contributed by atoms with Crippen molar-refractivity contribution in [2.45, 2.75) is 49.3 Å². The first-order valence-electron chi connectivity index (χ1n) is 10.4. The maximum Gasteiger partial charge on any atom is 0.230 e. The minimum Gasteiger partial charge on any atom is -0.497 e. The second kappa shape index (κ2) is 9.63. The zero-order chi connectivity index (χ0) is 20.1. The number of benzene rings is 1. The van der Waals surface area contributed by atoms with Crippen molar-refractivity contribution in [3.8, 4) is 5.75 Å². The first kappa shape index (κ1) is 20.2. The number of likely N-dealkylation sites (tertiary alicyclic amines) is 1. The molecule has 2 aliphatic rings. The molecule has 29 heavy (non-hydrogen) atoms. The summed E-state index contributed by atoms with van der Waals surface area (Å²) in [4.78, 5) is 15.0. The molecule has 2 heterocycles. The quantitative estimate of drug-likeness (QED) is 0.635. The third kappa shape index (κ3) is 5.30. The van der Waals surface area contributed by atoms with Crippen LogP contribution in [0.5, 0.6) is 5.75 Å². The van der Waals surface area contributed by atoms with E-state index in [-0.39, 0.29) is 11.9 Å². The Morgan fingerprint density at radius 2 is 2.00 bits per heavy atom. The van der Waals surface area contributed by atoms with Crippen LogP contribution in [0, 0.1) is 0 Å². The van der Waals surface area contributed by atoms with Gasteiger partial charge in [0.1, 0.15) is 12.1 Å². The van der Waals surface area contributed by atoms with E-state index in [0.29, 0.717) is 18.3 Å². The largest absolute Gasteiger partial charge is 0.497 e. The minimum absolute atomic E-state index is 0.0378.